The molecule has 0 radical (unpaired) electrons. The number of hydrogen-bond donors (Lipinski definition) is 2. The lowest BCUT2D eigenvalue weighted by Gasteiger charge is -2.50. The number of H-pyrrole nitrogens is 1. The second-order valence-corrected chi connectivity index (χ2v) is 10.4. The fourth-order valence-electron chi connectivity index (χ4n) is 4.70. The van der Waals surface area contributed by atoms with E-state index in [9.17, 15) is 0 Å². The van der Waals surface area contributed by atoms with Gasteiger partial charge in [-0.1, -0.05) is 37.0 Å². The number of ether oxygens (including phenoxy) is 1. The molecule has 0 amide bonds. The smallest absolute Gasteiger partial charge is 0.151 e. The predicted octanol–water partition coefficient (Wildman–Crippen LogP) is 5.44. The molecular weight excluding hydrogens is 485 g/mol. The summed E-state index contributed by atoms with van der Waals surface area (Å²) in [5.74, 6) is 1.53. The van der Waals surface area contributed by atoms with Crippen LogP contribution < -0.4 is 15.0 Å². The van der Waals surface area contributed by atoms with E-state index in [1.807, 2.05) is 37.3 Å². The minimum absolute atomic E-state index is 0.102. The highest BCUT2D eigenvalue weighted by Crippen LogP contribution is 2.35. The van der Waals surface area contributed by atoms with Gasteiger partial charge in [0.05, 0.1) is 21.1 Å². The Labute approximate surface area is 214 Å². The minimum Gasteiger partial charge on any atom is -0.486 e. The molecule has 8 nitrogen and oxygen atoms in total. The molecule has 1 aromatic carbocycles. The van der Waals surface area contributed by atoms with E-state index >= 15 is 0 Å². The molecule has 4 heterocycles. The Kier molecular flexibility index (Phi) is 6.29. The third kappa shape index (κ3) is 4.78. The molecule has 182 valence electrons. The predicted molar refractivity (Wildman–Crippen MR) is 139 cm³/mol. The lowest BCUT2D eigenvalue weighted by atomic mass is 9.91. The van der Waals surface area contributed by atoms with E-state index in [1.54, 1.807) is 12.4 Å². The van der Waals surface area contributed by atoms with Crippen molar-refractivity contribution in [1.82, 2.24) is 30.7 Å². The molecule has 1 aliphatic rings. The Balaban J connectivity index is 1.35. The second kappa shape index (κ2) is 9.26. The van der Waals surface area contributed by atoms with Crippen LogP contribution in [0.25, 0.3) is 22.3 Å². The summed E-state index contributed by atoms with van der Waals surface area (Å²) in [6, 6.07) is 10.1. The topological polar surface area (TPSA) is 91.9 Å². The number of nitrogens with one attached hydrogen (secondary N) is 2. The molecule has 35 heavy (non-hydrogen) atoms. The molecule has 0 bridgehead atoms. The van der Waals surface area contributed by atoms with Crippen molar-refractivity contribution in [2.45, 2.75) is 45.4 Å². The third-order valence-electron chi connectivity index (χ3n) is 6.08. The standard InChI is InChI=1S/C25H27Cl2N7O/c1-14(2)29-25(4)12-34(13-25)22-8-7-21(31-32-22)24-17-9-16(5-6-20(17)30-33-24)35-15(3)23-18(26)10-28-11-19(23)27/h5-11,14-15,29H,12-13H2,1-4H3,(H,30,33)/t15-/m1/s1. The Morgan fingerprint density at radius 2 is 1.80 bits per heavy atom. The van der Waals surface area contributed by atoms with Crippen LogP contribution in [0, 0.1) is 0 Å². The lowest BCUT2D eigenvalue weighted by molar-refractivity contribution is 0.227. The van der Waals surface area contributed by atoms with Gasteiger partial charge in [0.2, 0.25) is 0 Å². The fourth-order valence-corrected chi connectivity index (χ4v) is 5.37. The zero-order chi connectivity index (χ0) is 24.7. The Bertz CT molecular complexity index is 1330. The number of fused-ring (bicyclic) bond motifs is 1. The van der Waals surface area contributed by atoms with Crippen molar-refractivity contribution in [2.24, 2.45) is 0 Å². The van der Waals surface area contributed by atoms with Crippen LogP contribution in [0.15, 0.2) is 42.7 Å². The SMILES string of the molecule is CC(C)NC1(C)CN(c2ccc(-c3n[nH]c4ccc(O[C@H](C)c5c(Cl)cncc5Cl)cc34)nn2)C1. The summed E-state index contributed by atoms with van der Waals surface area (Å²) < 4.78 is 6.16. The van der Waals surface area contributed by atoms with Gasteiger partial charge in [-0.3, -0.25) is 10.1 Å². The van der Waals surface area contributed by atoms with E-state index in [0.717, 1.165) is 29.8 Å². The van der Waals surface area contributed by atoms with Gasteiger partial charge in [-0.05, 0) is 44.2 Å². The summed E-state index contributed by atoms with van der Waals surface area (Å²) in [5.41, 5.74) is 3.08. The normalized spacial score (nSPS) is 15.9. The fraction of sp³-hybridized carbons (Fsp3) is 0.360. The molecule has 3 aromatic heterocycles. The molecule has 10 heteroatoms. The van der Waals surface area contributed by atoms with E-state index in [2.05, 4.69) is 56.4 Å². The van der Waals surface area contributed by atoms with Gasteiger partial charge in [-0.15, -0.1) is 10.2 Å². The number of anilines is 1. The van der Waals surface area contributed by atoms with E-state index in [1.165, 1.54) is 0 Å². The molecule has 0 spiro atoms. The third-order valence-corrected chi connectivity index (χ3v) is 6.68. The van der Waals surface area contributed by atoms with E-state index in [4.69, 9.17) is 27.9 Å². The van der Waals surface area contributed by atoms with Gasteiger partial charge in [0, 0.05) is 42.5 Å². The van der Waals surface area contributed by atoms with Crippen molar-refractivity contribution < 1.29 is 4.74 Å². The number of halogens is 2. The summed E-state index contributed by atoms with van der Waals surface area (Å²) in [7, 11) is 0. The maximum Gasteiger partial charge on any atom is 0.151 e. The minimum atomic E-state index is -0.364. The molecule has 1 atom stereocenters. The quantitative estimate of drug-likeness (QED) is 0.341. The molecule has 1 saturated heterocycles. The number of aromatic amines is 1. The van der Waals surface area contributed by atoms with Crippen LogP contribution in [0.4, 0.5) is 5.82 Å². The molecule has 1 aliphatic heterocycles. The summed E-state index contributed by atoms with van der Waals surface area (Å²) in [6.07, 6.45) is 2.76. The van der Waals surface area contributed by atoms with Gasteiger partial charge in [-0.2, -0.15) is 5.10 Å². The van der Waals surface area contributed by atoms with Crippen molar-refractivity contribution in [3.63, 3.8) is 0 Å². The number of rotatable bonds is 7. The zero-order valence-corrected chi connectivity index (χ0v) is 21.5. The number of aromatic nitrogens is 5. The van der Waals surface area contributed by atoms with Gasteiger partial charge >= 0.3 is 0 Å². The van der Waals surface area contributed by atoms with Gasteiger partial charge in [0.15, 0.2) is 5.82 Å². The van der Waals surface area contributed by atoms with Gasteiger partial charge in [0.25, 0.3) is 0 Å². The first-order chi connectivity index (χ1) is 16.7. The summed E-state index contributed by atoms with van der Waals surface area (Å²) in [6.45, 7) is 10.3. The zero-order valence-electron chi connectivity index (χ0n) is 20.0. The first-order valence-corrected chi connectivity index (χ1v) is 12.3. The summed E-state index contributed by atoms with van der Waals surface area (Å²) in [4.78, 5) is 6.23. The van der Waals surface area contributed by atoms with Crippen molar-refractivity contribution in [3.8, 4) is 17.1 Å². The molecule has 1 fully saturated rings. The van der Waals surface area contributed by atoms with Crippen molar-refractivity contribution >= 4 is 39.9 Å². The van der Waals surface area contributed by atoms with Gasteiger partial charge < -0.3 is 15.0 Å². The first kappa shape index (κ1) is 23.8. The number of hydrogen-bond acceptors (Lipinski definition) is 7. The summed E-state index contributed by atoms with van der Waals surface area (Å²) in [5, 5.41) is 21.9. The molecule has 0 unspecified atom stereocenters. The molecule has 2 N–H and O–H groups in total. The highest BCUT2D eigenvalue weighted by Gasteiger charge is 2.39. The monoisotopic (exact) mass is 511 g/mol. The number of nitrogens with zero attached hydrogens (tertiary/aromatic N) is 5. The molecule has 4 aromatic rings. The Hall–Kier alpha value is -2.94. The largest absolute Gasteiger partial charge is 0.486 e. The van der Waals surface area contributed by atoms with Crippen LogP contribution in [-0.4, -0.2) is 50.0 Å². The number of pyridine rings is 1. The maximum absolute atomic E-state index is 6.30. The summed E-state index contributed by atoms with van der Waals surface area (Å²) >= 11 is 12.6. The highest BCUT2D eigenvalue weighted by molar-refractivity contribution is 6.35. The van der Waals surface area contributed by atoms with Crippen LogP contribution >= 0.6 is 23.2 Å². The van der Waals surface area contributed by atoms with E-state index < -0.39 is 0 Å². The van der Waals surface area contributed by atoms with Crippen molar-refractivity contribution in [2.75, 3.05) is 18.0 Å². The lowest BCUT2D eigenvalue weighted by Crippen LogP contribution is -2.69. The average Bonchev–Trinajstić information content (AvgIpc) is 3.20. The Morgan fingerprint density at radius 3 is 2.46 bits per heavy atom. The molecule has 0 saturated carbocycles. The Morgan fingerprint density at radius 1 is 1.06 bits per heavy atom. The van der Waals surface area contributed by atoms with Crippen LogP contribution in [0.3, 0.4) is 0 Å². The highest BCUT2D eigenvalue weighted by atomic mass is 35.5. The van der Waals surface area contributed by atoms with Crippen LogP contribution in [0.1, 0.15) is 39.4 Å². The molecular formula is C25H27Cl2N7O. The van der Waals surface area contributed by atoms with Crippen LogP contribution in [-0.2, 0) is 0 Å². The van der Waals surface area contributed by atoms with Crippen LogP contribution in [0.2, 0.25) is 10.0 Å². The number of benzene rings is 1. The van der Waals surface area contributed by atoms with Gasteiger partial charge in [0.1, 0.15) is 23.2 Å². The first-order valence-electron chi connectivity index (χ1n) is 11.5. The van der Waals surface area contributed by atoms with Crippen LogP contribution in [0.5, 0.6) is 5.75 Å². The van der Waals surface area contributed by atoms with Crippen molar-refractivity contribution in [1.29, 1.82) is 0 Å². The average molecular weight is 512 g/mol. The maximum atomic E-state index is 6.30. The van der Waals surface area contributed by atoms with E-state index in [0.29, 0.717) is 38.8 Å². The molecule has 0 aliphatic carbocycles. The molecule has 5 rings (SSSR count). The second-order valence-electron chi connectivity index (χ2n) is 9.55. The van der Waals surface area contributed by atoms with Crippen molar-refractivity contribution in [3.05, 3.63) is 58.3 Å². The van der Waals surface area contributed by atoms with E-state index in [-0.39, 0.29) is 11.6 Å². The van der Waals surface area contributed by atoms with Gasteiger partial charge in [-0.25, -0.2) is 0 Å².